The number of carbonyl (C=O) groups excluding carboxylic acids is 1. The van der Waals surface area contributed by atoms with Crippen molar-refractivity contribution < 1.29 is 9.53 Å². The molecule has 1 atom stereocenters. The fourth-order valence-corrected chi connectivity index (χ4v) is 2.09. The van der Waals surface area contributed by atoms with E-state index in [4.69, 9.17) is 4.74 Å². The lowest BCUT2D eigenvalue weighted by Crippen LogP contribution is -2.42. The first-order chi connectivity index (χ1) is 8.75. The summed E-state index contributed by atoms with van der Waals surface area (Å²) in [6.07, 6.45) is 2.67. The van der Waals surface area contributed by atoms with Crippen molar-refractivity contribution in [3.63, 3.8) is 0 Å². The van der Waals surface area contributed by atoms with Crippen molar-refractivity contribution in [3.05, 3.63) is 35.4 Å². The van der Waals surface area contributed by atoms with E-state index in [0.29, 0.717) is 6.54 Å². The van der Waals surface area contributed by atoms with Crippen molar-refractivity contribution in [2.24, 2.45) is 0 Å². The van der Waals surface area contributed by atoms with Crippen LogP contribution in [0.4, 0.5) is 4.79 Å². The summed E-state index contributed by atoms with van der Waals surface area (Å²) in [6, 6.07) is 8.08. The summed E-state index contributed by atoms with van der Waals surface area (Å²) in [5.74, 6) is 0. The van der Waals surface area contributed by atoms with E-state index in [-0.39, 0.29) is 12.3 Å². The second-order valence-electron chi connectivity index (χ2n) is 4.58. The number of nitrogens with one attached hydrogen (secondary N) is 2. The molecule has 0 aliphatic carbocycles. The Kier molecular flexibility index (Phi) is 4.59. The van der Waals surface area contributed by atoms with Gasteiger partial charge in [0.25, 0.3) is 0 Å². The van der Waals surface area contributed by atoms with E-state index in [1.54, 1.807) is 0 Å². The molecule has 4 heteroatoms. The summed E-state index contributed by atoms with van der Waals surface area (Å²) in [6.45, 7) is 3.47. The summed E-state index contributed by atoms with van der Waals surface area (Å²) in [7, 11) is 0. The number of hydrogen-bond acceptors (Lipinski definition) is 2. The number of ether oxygens (including phenoxy) is 1. The molecule has 0 spiro atoms. The van der Waals surface area contributed by atoms with Gasteiger partial charge in [0, 0.05) is 13.2 Å². The van der Waals surface area contributed by atoms with E-state index in [1.165, 1.54) is 11.1 Å². The van der Waals surface area contributed by atoms with Crippen molar-refractivity contribution in [2.45, 2.75) is 32.4 Å². The maximum atomic E-state index is 11.6. The molecule has 2 amide bonds. The van der Waals surface area contributed by atoms with Crippen LogP contribution in [-0.4, -0.2) is 25.4 Å². The number of rotatable bonds is 4. The van der Waals surface area contributed by atoms with Gasteiger partial charge >= 0.3 is 6.03 Å². The second kappa shape index (κ2) is 6.40. The summed E-state index contributed by atoms with van der Waals surface area (Å²) in [4.78, 5) is 11.6. The molecule has 1 aliphatic heterocycles. The molecule has 0 saturated carbocycles. The second-order valence-corrected chi connectivity index (χ2v) is 4.58. The van der Waals surface area contributed by atoms with E-state index in [0.717, 1.165) is 25.9 Å². The van der Waals surface area contributed by atoms with Crippen LogP contribution in [0.25, 0.3) is 0 Å². The SMILES string of the molecule is Cc1ccccc1CCNC(=O)NC1CCCO1. The van der Waals surface area contributed by atoms with Gasteiger partial charge in [0.15, 0.2) is 0 Å². The lowest BCUT2D eigenvalue weighted by molar-refractivity contribution is 0.0908. The summed E-state index contributed by atoms with van der Waals surface area (Å²) >= 11 is 0. The Hall–Kier alpha value is -1.55. The number of carbonyl (C=O) groups is 1. The van der Waals surface area contributed by atoms with Crippen LogP contribution in [0.15, 0.2) is 24.3 Å². The number of aryl methyl sites for hydroxylation is 1. The fourth-order valence-electron chi connectivity index (χ4n) is 2.09. The van der Waals surface area contributed by atoms with Crippen LogP contribution in [0.5, 0.6) is 0 Å². The highest BCUT2D eigenvalue weighted by Crippen LogP contribution is 2.09. The predicted molar refractivity (Wildman–Crippen MR) is 70.4 cm³/mol. The Balaban J connectivity index is 1.68. The highest BCUT2D eigenvalue weighted by molar-refractivity contribution is 5.74. The van der Waals surface area contributed by atoms with E-state index < -0.39 is 0 Å². The lowest BCUT2D eigenvalue weighted by atomic mass is 10.1. The average molecular weight is 248 g/mol. The zero-order chi connectivity index (χ0) is 12.8. The maximum absolute atomic E-state index is 11.6. The molecule has 98 valence electrons. The van der Waals surface area contributed by atoms with Crippen molar-refractivity contribution in [1.82, 2.24) is 10.6 Å². The van der Waals surface area contributed by atoms with Gasteiger partial charge in [0.1, 0.15) is 6.23 Å². The van der Waals surface area contributed by atoms with Gasteiger partial charge in [-0.3, -0.25) is 0 Å². The van der Waals surface area contributed by atoms with Gasteiger partial charge < -0.3 is 15.4 Å². The number of benzene rings is 1. The Morgan fingerprint density at radius 3 is 3.00 bits per heavy atom. The number of amides is 2. The van der Waals surface area contributed by atoms with Crippen molar-refractivity contribution in [1.29, 1.82) is 0 Å². The normalized spacial score (nSPS) is 18.6. The van der Waals surface area contributed by atoms with Gasteiger partial charge in [0.2, 0.25) is 0 Å². The minimum Gasteiger partial charge on any atom is -0.358 e. The van der Waals surface area contributed by atoms with Gasteiger partial charge in [-0.05, 0) is 37.3 Å². The molecule has 1 heterocycles. The monoisotopic (exact) mass is 248 g/mol. The third-order valence-corrected chi connectivity index (χ3v) is 3.16. The zero-order valence-electron chi connectivity index (χ0n) is 10.7. The molecular weight excluding hydrogens is 228 g/mol. The van der Waals surface area contributed by atoms with Crippen LogP contribution in [0, 0.1) is 6.92 Å². The first-order valence-corrected chi connectivity index (χ1v) is 6.46. The Labute approximate surface area is 108 Å². The third-order valence-electron chi connectivity index (χ3n) is 3.16. The molecule has 1 aromatic rings. The van der Waals surface area contributed by atoms with Crippen molar-refractivity contribution in [2.75, 3.05) is 13.2 Å². The topological polar surface area (TPSA) is 50.4 Å². The van der Waals surface area contributed by atoms with Crippen molar-refractivity contribution >= 4 is 6.03 Å². The molecular formula is C14H20N2O2. The largest absolute Gasteiger partial charge is 0.358 e. The lowest BCUT2D eigenvalue weighted by Gasteiger charge is -2.13. The van der Waals surface area contributed by atoms with Crippen LogP contribution in [-0.2, 0) is 11.2 Å². The Bertz CT molecular complexity index is 401. The fraction of sp³-hybridized carbons (Fsp3) is 0.500. The molecule has 1 aromatic carbocycles. The van der Waals surface area contributed by atoms with Crippen molar-refractivity contribution in [3.8, 4) is 0 Å². The summed E-state index contributed by atoms with van der Waals surface area (Å²) < 4.78 is 5.34. The molecule has 4 nitrogen and oxygen atoms in total. The maximum Gasteiger partial charge on any atom is 0.316 e. The quantitative estimate of drug-likeness (QED) is 0.856. The minimum atomic E-state index is -0.143. The molecule has 0 radical (unpaired) electrons. The minimum absolute atomic E-state index is 0.108. The smallest absolute Gasteiger partial charge is 0.316 e. The first kappa shape index (κ1) is 12.9. The molecule has 18 heavy (non-hydrogen) atoms. The zero-order valence-corrected chi connectivity index (χ0v) is 10.7. The number of urea groups is 1. The van der Waals surface area contributed by atoms with Gasteiger partial charge in [-0.15, -0.1) is 0 Å². The van der Waals surface area contributed by atoms with Gasteiger partial charge in [0.05, 0.1) is 0 Å². The van der Waals surface area contributed by atoms with Gasteiger partial charge in [-0.2, -0.15) is 0 Å². The molecule has 0 aromatic heterocycles. The Morgan fingerprint density at radius 1 is 1.44 bits per heavy atom. The van der Waals surface area contributed by atoms with E-state index in [9.17, 15) is 4.79 Å². The van der Waals surface area contributed by atoms with E-state index in [1.807, 2.05) is 12.1 Å². The predicted octanol–water partition coefficient (Wildman–Crippen LogP) is 1.97. The molecule has 2 rings (SSSR count). The average Bonchev–Trinajstić information content (AvgIpc) is 2.84. The van der Waals surface area contributed by atoms with Gasteiger partial charge in [-0.1, -0.05) is 24.3 Å². The third kappa shape index (κ3) is 3.74. The van der Waals surface area contributed by atoms with Gasteiger partial charge in [-0.25, -0.2) is 4.79 Å². The molecule has 0 bridgehead atoms. The van der Waals surface area contributed by atoms with Crippen LogP contribution in [0.3, 0.4) is 0 Å². The molecule has 2 N–H and O–H groups in total. The van der Waals surface area contributed by atoms with Crippen LogP contribution in [0.1, 0.15) is 24.0 Å². The van der Waals surface area contributed by atoms with E-state index >= 15 is 0 Å². The molecule has 1 saturated heterocycles. The molecule has 1 fully saturated rings. The first-order valence-electron chi connectivity index (χ1n) is 6.46. The van der Waals surface area contributed by atoms with Crippen LogP contribution >= 0.6 is 0 Å². The molecule has 1 aliphatic rings. The van der Waals surface area contributed by atoms with Crippen LogP contribution in [0.2, 0.25) is 0 Å². The van der Waals surface area contributed by atoms with E-state index in [2.05, 4.69) is 29.7 Å². The summed E-state index contributed by atoms with van der Waals surface area (Å²) in [5, 5.41) is 5.66. The summed E-state index contributed by atoms with van der Waals surface area (Å²) in [5.41, 5.74) is 2.54. The van der Waals surface area contributed by atoms with Crippen LogP contribution < -0.4 is 10.6 Å². The standard InChI is InChI=1S/C14H20N2O2/c1-11-5-2-3-6-12(11)8-9-15-14(17)16-13-7-4-10-18-13/h2-3,5-6,13H,4,7-10H2,1H3,(H2,15,16,17). The highest BCUT2D eigenvalue weighted by Gasteiger charge is 2.16. The Morgan fingerprint density at radius 2 is 2.28 bits per heavy atom. The molecule has 1 unspecified atom stereocenters. The number of hydrogen-bond donors (Lipinski definition) is 2. The highest BCUT2D eigenvalue weighted by atomic mass is 16.5.